The first-order chi connectivity index (χ1) is 7.76. The van der Waals surface area contributed by atoms with Gasteiger partial charge in [-0.15, -0.1) is 0 Å². The Bertz CT molecular complexity index is 477. The van der Waals surface area contributed by atoms with Gasteiger partial charge in [-0.3, -0.25) is 0 Å². The van der Waals surface area contributed by atoms with E-state index >= 15 is 0 Å². The highest BCUT2D eigenvalue weighted by Gasteiger charge is 2.12. The zero-order chi connectivity index (χ0) is 11.5. The maximum atomic E-state index is 4.44. The van der Waals surface area contributed by atoms with Crippen molar-refractivity contribution < 1.29 is 0 Å². The summed E-state index contributed by atoms with van der Waals surface area (Å²) in [5, 5.41) is 2.94. The maximum Gasteiger partial charge on any atom is 0.226 e. The first-order valence-corrected chi connectivity index (χ1v) is 5.36. The van der Waals surface area contributed by atoms with E-state index in [4.69, 9.17) is 0 Å². The molecule has 0 aliphatic carbocycles. The Balaban J connectivity index is 2.51. The zero-order valence-corrected chi connectivity index (χ0v) is 9.78. The second-order valence-corrected chi connectivity index (χ2v) is 3.64. The van der Waals surface area contributed by atoms with Crippen LogP contribution >= 0.6 is 0 Å². The number of rotatable bonds is 4. The summed E-state index contributed by atoms with van der Waals surface area (Å²) in [5.74, 6) is 1.48. The first-order valence-electron chi connectivity index (χ1n) is 5.36. The lowest BCUT2D eigenvalue weighted by Crippen LogP contribution is -2.20. The molecule has 0 bridgehead atoms. The summed E-state index contributed by atoms with van der Waals surface area (Å²) in [6.45, 7) is 3.09. The monoisotopic (exact) mass is 220 g/mol. The van der Waals surface area contributed by atoms with Crippen LogP contribution in [0.5, 0.6) is 0 Å². The minimum Gasteiger partial charge on any atom is -0.358 e. The van der Waals surface area contributed by atoms with Crippen LogP contribution in [0.3, 0.4) is 0 Å². The van der Waals surface area contributed by atoms with E-state index in [2.05, 4.69) is 37.1 Å². The highest BCUT2D eigenvalue weighted by atomic mass is 15.2. The van der Waals surface area contributed by atoms with Crippen LogP contribution in [-0.2, 0) is 0 Å². The van der Waals surface area contributed by atoms with E-state index in [0.29, 0.717) is 11.6 Å². The number of aromatic amines is 1. The van der Waals surface area contributed by atoms with Crippen molar-refractivity contribution in [1.82, 2.24) is 19.9 Å². The van der Waals surface area contributed by atoms with Crippen LogP contribution < -0.4 is 10.2 Å². The largest absolute Gasteiger partial charge is 0.358 e. The van der Waals surface area contributed by atoms with Crippen LogP contribution in [0.1, 0.15) is 13.3 Å². The molecule has 0 saturated carbocycles. The number of fused-ring (bicyclic) bond motifs is 1. The number of nitrogens with zero attached hydrogens (tertiary/aromatic N) is 4. The summed E-state index contributed by atoms with van der Waals surface area (Å²) in [4.78, 5) is 18.0. The number of H-pyrrole nitrogens is 1. The molecule has 2 heterocycles. The number of anilines is 2. The second kappa shape index (κ2) is 4.34. The Morgan fingerprint density at radius 3 is 2.94 bits per heavy atom. The fraction of sp³-hybridized carbons (Fsp3) is 0.500. The highest BCUT2D eigenvalue weighted by molar-refractivity contribution is 5.84. The van der Waals surface area contributed by atoms with Crippen molar-refractivity contribution in [3.05, 3.63) is 6.33 Å². The molecule has 0 aliphatic rings. The molecule has 0 spiro atoms. The summed E-state index contributed by atoms with van der Waals surface area (Å²) in [6, 6.07) is 0. The summed E-state index contributed by atoms with van der Waals surface area (Å²) < 4.78 is 0. The van der Waals surface area contributed by atoms with Crippen LogP contribution in [0.15, 0.2) is 6.33 Å². The second-order valence-electron chi connectivity index (χ2n) is 3.64. The van der Waals surface area contributed by atoms with Gasteiger partial charge in [0.25, 0.3) is 0 Å². The van der Waals surface area contributed by atoms with Gasteiger partial charge in [0.15, 0.2) is 11.5 Å². The van der Waals surface area contributed by atoms with Crippen molar-refractivity contribution in [2.45, 2.75) is 13.3 Å². The van der Waals surface area contributed by atoms with Crippen LogP contribution in [0.4, 0.5) is 11.8 Å². The van der Waals surface area contributed by atoms with Crippen molar-refractivity contribution >= 4 is 22.9 Å². The van der Waals surface area contributed by atoms with Crippen molar-refractivity contribution in [2.75, 3.05) is 30.9 Å². The number of aromatic nitrogens is 4. The third kappa shape index (κ3) is 1.78. The molecule has 6 nitrogen and oxygen atoms in total. The fourth-order valence-electron chi connectivity index (χ4n) is 1.65. The minimum absolute atomic E-state index is 0.595. The van der Waals surface area contributed by atoms with Crippen LogP contribution in [0.2, 0.25) is 0 Å². The Morgan fingerprint density at radius 2 is 2.25 bits per heavy atom. The van der Waals surface area contributed by atoms with E-state index in [1.165, 1.54) is 0 Å². The third-order valence-corrected chi connectivity index (χ3v) is 2.41. The van der Waals surface area contributed by atoms with Gasteiger partial charge in [-0.05, 0) is 6.42 Å². The van der Waals surface area contributed by atoms with Gasteiger partial charge in [-0.2, -0.15) is 9.97 Å². The predicted molar refractivity (Wildman–Crippen MR) is 64.8 cm³/mol. The number of hydrogen-bond donors (Lipinski definition) is 2. The Kier molecular flexibility index (Phi) is 2.89. The molecule has 0 aromatic carbocycles. The molecular formula is C10H16N6. The summed E-state index contributed by atoms with van der Waals surface area (Å²) >= 11 is 0. The number of nitrogens with one attached hydrogen (secondary N) is 2. The molecule has 0 atom stereocenters. The Hall–Kier alpha value is -1.85. The SMILES string of the molecule is CCCN(C)c1nc(NC)nc2nc[nH]c12. The highest BCUT2D eigenvalue weighted by Crippen LogP contribution is 2.21. The van der Waals surface area contributed by atoms with Gasteiger partial charge in [-0.1, -0.05) is 6.92 Å². The average Bonchev–Trinajstić information content (AvgIpc) is 2.75. The average molecular weight is 220 g/mol. The molecule has 0 unspecified atom stereocenters. The van der Waals surface area contributed by atoms with Crippen molar-refractivity contribution in [3.63, 3.8) is 0 Å². The van der Waals surface area contributed by atoms with Gasteiger partial charge in [0.05, 0.1) is 6.33 Å². The van der Waals surface area contributed by atoms with Gasteiger partial charge in [0.1, 0.15) is 5.52 Å². The van der Waals surface area contributed by atoms with E-state index in [1.54, 1.807) is 13.4 Å². The smallest absolute Gasteiger partial charge is 0.226 e. The summed E-state index contributed by atoms with van der Waals surface area (Å²) in [7, 11) is 3.82. The molecule has 6 heteroatoms. The van der Waals surface area contributed by atoms with E-state index in [-0.39, 0.29) is 0 Å². The first kappa shape index (κ1) is 10.7. The topological polar surface area (TPSA) is 69.7 Å². The standard InChI is InChI=1S/C10H16N6/c1-4-5-16(3)9-7-8(13-6-12-7)14-10(11-2)15-9/h6H,4-5H2,1-3H3,(H2,11,12,13,14,15). The lowest BCUT2D eigenvalue weighted by atomic mass is 10.4. The van der Waals surface area contributed by atoms with E-state index in [1.807, 2.05) is 7.05 Å². The molecule has 0 aliphatic heterocycles. The maximum absolute atomic E-state index is 4.44. The number of hydrogen-bond acceptors (Lipinski definition) is 5. The molecule has 0 fully saturated rings. The van der Waals surface area contributed by atoms with Gasteiger partial charge in [0, 0.05) is 20.6 Å². The Labute approximate surface area is 94.1 Å². The van der Waals surface area contributed by atoms with Crippen LogP contribution in [0, 0.1) is 0 Å². The molecular weight excluding hydrogens is 204 g/mol. The van der Waals surface area contributed by atoms with Gasteiger partial charge in [-0.25, -0.2) is 4.98 Å². The van der Waals surface area contributed by atoms with E-state index in [9.17, 15) is 0 Å². The minimum atomic E-state index is 0.595. The summed E-state index contributed by atoms with van der Waals surface area (Å²) in [6.07, 6.45) is 2.72. The van der Waals surface area contributed by atoms with Crippen molar-refractivity contribution in [3.8, 4) is 0 Å². The Morgan fingerprint density at radius 1 is 1.44 bits per heavy atom. The number of imidazole rings is 1. The zero-order valence-electron chi connectivity index (χ0n) is 9.78. The lowest BCUT2D eigenvalue weighted by molar-refractivity contribution is 0.839. The molecule has 0 saturated heterocycles. The van der Waals surface area contributed by atoms with Crippen LogP contribution in [-0.4, -0.2) is 40.6 Å². The normalized spacial score (nSPS) is 10.7. The van der Waals surface area contributed by atoms with E-state index < -0.39 is 0 Å². The molecule has 2 N–H and O–H groups in total. The molecule has 86 valence electrons. The molecule has 2 aromatic heterocycles. The van der Waals surface area contributed by atoms with Crippen LogP contribution in [0.25, 0.3) is 11.2 Å². The van der Waals surface area contributed by atoms with Crippen molar-refractivity contribution in [2.24, 2.45) is 0 Å². The predicted octanol–water partition coefficient (Wildman–Crippen LogP) is 1.24. The van der Waals surface area contributed by atoms with Gasteiger partial charge < -0.3 is 15.2 Å². The third-order valence-electron chi connectivity index (χ3n) is 2.41. The molecule has 16 heavy (non-hydrogen) atoms. The fourth-order valence-corrected chi connectivity index (χ4v) is 1.65. The van der Waals surface area contributed by atoms with E-state index in [0.717, 1.165) is 24.3 Å². The summed E-state index contributed by atoms with van der Waals surface area (Å²) in [5.41, 5.74) is 1.58. The quantitative estimate of drug-likeness (QED) is 0.811. The molecule has 2 aromatic rings. The van der Waals surface area contributed by atoms with Crippen molar-refractivity contribution in [1.29, 1.82) is 0 Å². The lowest BCUT2D eigenvalue weighted by Gasteiger charge is -2.17. The van der Waals surface area contributed by atoms with Gasteiger partial charge >= 0.3 is 0 Å². The molecule has 0 radical (unpaired) electrons. The molecule has 2 rings (SSSR count). The molecule has 0 amide bonds. The van der Waals surface area contributed by atoms with Gasteiger partial charge in [0.2, 0.25) is 5.95 Å².